The van der Waals surface area contributed by atoms with Crippen LogP contribution < -0.4 is 16.7 Å². The van der Waals surface area contributed by atoms with Gasteiger partial charge in [-0.15, -0.1) is 0 Å². The van der Waals surface area contributed by atoms with Crippen LogP contribution in [0.1, 0.15) is 53.0 Å². The van der Waals surface area contributed by atoms with E-state index in [1.54, 1.807) is 17.6 Å². The van der Waals surface area contributed by atoms with Crippen molar-refractivity contribution >= 4 is 23.7 Å². The first-order chi connectivity index (χ1) is 14.1. The average molecular weight is 418 g/mol. The smallest absolute Gasteiger partial charge is 0.248 e. The van der Waals surface area contributed by atoms with Crippen LogP contribution in [-0.4, -0.2) is 22.8 Å². The minimum Gasteiger partial charge on any atom is -0.299 e. The molecule has 3 atom stereocenters. The fraction of sp³-hybridized carbons (Fsp3) is 0.522. The van der Waals surface area contributed by atoms with E-state index in [1.807, 2.05) is 58.0 Å². The van der Waals surface area contributed by atoms with Crippen LogP contribution in [0.2, 0.25) is 0 Å². The Balaban J connectivity index is 3.72. The summed E-state index contributed by atoms with van der Waals surface area (Å²) in [7, 11) is 0. The van der Waals surface area contributed by atoms with Crippen molar-refractivity contribution in [3.8, 4) is 0 Å². The highest BCUT2D eigenvalue weighted by molar-refractivity contribution is 5.96. The maximum atomic E-state index is 13.1. The Morgan fingerprint density at radius 3 is 2.10 bits per heavy atom. The number of nitrogens with two attached hydrogens (primary N) is 1. The predicted octanol–water partition coefficient (Wildman–Crippen LogP) is 3.10. The standard InChI is InChI=1S/C23H35N3O4/c1-15(2)13-19(21(28)25-24)20(22(29)26-30)23(17(5)27,14-16(3)4)12-11-18-9-7-6-8-10-18/h6-12,15-16,19-20,30H,13-14,24H2,1-5H3,(H,25,28)(H,26,29)/b12-11+/t19-,20-,23?/m1/s1. The predicted molar refractivity (Wildman–Crippen MR) is 117 cm³/mol. The van der Waals surface area contributed by atoms with Crippen molar-refractivity contribution in [2.45, 2.75) is 47.5 Å². The number of hydrogen-bond donors (Lipinski definition) is 4. The molecule has 2 amide bonds. The Bertz CT molecular complexity index is 746. The zero-order valence-corrected chi connectivity index (χ0v) is 18.5. The van der Waals surface area contributed by atoms with E-state index in [4.69, 9.17) is 5.84 Å². The number of carbonyl (C=O) groups is 3. The lowest BCUT2D eigenvalue weighted by atomic mass is 9.61. The number of hydrogen-bond acceptors (Lipinski definition) is 5. The van der Waals surface area contributed by atoms with E-state index < -0.39 is 29.1 Å². The number of allylic oxidation sites excluding steroid dienone is 1. The number of carbonyl (C=O) groups excluding carboxylic acids is 3. The molecule has 1 aromatic rings. The summed E-state index contributed by atoms with van der Waals surface area (Å²) < 4.78 is 0. The molecule has 0 saturated carbocycles. The molecule has 0 fully saturated rings. The number of rotatable bonds is 11. The SMILES string of the molecule is CC(=O)C(/C=C/c1ccccc1)(CC(C)C)[C@@H](C(=O)NO)[C@@H](CC(C)C)C(=O)NN. The van der Waals surface area contributed by atoms with Gasteiger partial charge in [-0.2, -0.15) is 0 Å². The quantitative estimate of drug-likeness (QED) is 0.191. The van der Waals surface area contributed by atoms with Gasteiger partial charge in [-0.3, -0.25) is 25.0 Å². The second-order valence-corrected chi connectivity index (χ2v) is 8.64. The second-order valence-electron chi connectivity index (χ2n) is 8.64. The molecule has 1 aromatic carbocycles. The lowest BCUT2D eigenvalue weighted by molar-refractivity contribution is -0.150. The molecule has 0 aromatic heterocycles. The molecule has 7 nitrogen and oxygen atoms in total. The van der Waals surface area contributed by atoms with Crippen molar-refractivity contribution in [2.24, 2.45) is 34.9 Å². The summed E-state index contributed by atoms with van der Waals surface area (Å²) in [6.07, 6.45) is 4.15. The number of ketones is 1. The largest absolute Gasteiger partial charge is 0.299 e. The lowest BCUT2D eigenvalue weighted by Crippen LogP contribution is -2.53. The first-order valence-electron chi connectivity index (χ1n) is 10.3. The van der Waals surface area contributed by atoms with Crippen molar-refractivity contribution in [1.29, 1.82) is 0 Å². The van der Waals surface area contributed by atoms with Crippen LogP contribution in [0.3, 0.4) is 0 Å². The summed E-state index contributed by atoms with van der Waals surface area (Å²) in [6.45, 7) is 9.15. The molecule has 0 aliphatic carbocycles. The van der Waals surface area contributed by atoms with Gasteiger partial charge in [-0.1, -0.05) is 70.2 Å². The third-order valence-corrected chi connectivity index (χ3v) is 5.33. The van der Waals surface area contributed by atoms with Crippen molar-refractivity contribution in [3.63, 3.8) is 0 Å². The Hall–Kier alpha value is -2.51. The molecule has 0 radical (unpaired) electrons. The van der Waals surface area contributed by atoms with Gasteiger partial charge in [0.25, 0.3) is 0 Å². The summed E-state index contributed by atoms with van der Waals surface area (Å²) in [5.41, 5.74) is 3.37. The topological polar surface area (TPSA) is 122 Å². The number of benzene rings is 1. The van der Waals surface area contributed by atoms with Gasteiger partial charge in [0.2, 0.25) is 11.8 Å². The van der Waals surface area contributed by atoms with E-state index in [-0.39, 0.29) is 17.6 Å². The fourth-order valence-electron chi connectivity index (χ4n) is 4.12. The average Bonchev–Trinajstić information content (AvgIpc) is 2.70. The second kappa shape index (κ2) is 11.6. The first kappa shape index (κ1) is 25.5. The Labute approximate surface area is 179 Å². The zero-order valence-electron chi connectivity index (χ0n) is 18.5. The summed E-state index contributed by atoms with van der Waals surface area (Å²) in [5, 5.41) is 9.51. The lowest BCUT2D eigenvalue weighted by Gasteiger charge is -2.40. The number of Topliss-reactive ketones (excluding diaryl/α,β-unsaturated/α-hetero) is 1. The van der Waals surface area contributed by atoms with Gasteiger partial charge in [0.05, 0.1) is 17.3 Å². The van der Waals surface area contributed by atoms with Crippen LogP contribution in [0.25, 0.3) is 6.08 Å². The third-order valence-electron chi connectivity index (χ3n) is 5.33. The molecule has 0 bridgehead atoms. The molecule has 30 heavy (non-hydrogen) atoms. The maximum Gasteiger partial charge on any atom is 0.248 e. The maximum absolute atomic E-state index is 13.1. The van der Waals surface area contributed by atoms with Gasteiger partial charge in [0.1, 0.15) is 5.78 Å². The normalized spacial score (nSPS) is 15.6. The van der Waals surface area contributed by atoms with Crippen molar-refractivity contribution in [1.82, 2.24) is 10.9 Å². The van der Waals surface area contributed by atoms with E-state index in [1.165, 1.54) is 6.92 Å². The van der Waals surface area contributed by atoms with Crippen LogP contribution in [-0.2, 0) is 14.4 Å². The van der Waals surface area contributed by atoms with Crippen LogP contribution in [0.4, 0.5) is 0 Å². The van der Waals surface area contributed by atoms with Crippen LogP contribution >= 0.6 is 0 Å². The molecule has 1 rings (SSSR count). The number of hydrazine groups is 1. The molecule has 1 unspecified atom stereocenters. The van der Waals surface area contributed by atoms with Crippen LogP contribution in [0, 0.1) is 29.1 Å². The molecular weight excluding hydrogens is 382 g/mol. The number of amides is 2. The van der Waals surface area contributed by atoms with Gasteiger partial charge in [0, 0.05) is 0 Å². The monoisotopic (exact) mass is 417 g/mol. The highest BCUT2D eigenvalue weighted by Gasteiger charge is 2.51. The molecule has 7 heteroatoms. The fourth-order valence-corrected chi connectivity index (χ4v) is 4.12. The molecule has 0 aliphatic rings. The van der Waals surface area contributed by atoms with Gasteiger partial charge in [0.15, 0.2) is 0 Å². The molecule has 5 N–H and O–H groups in total. The van der Waals surface area contributed by atoms with Gasteiger partial charge in [-0.05, 0) is 37.2 Å². The molecule has 166 valence electrons. The van der Waals surface area contributed by atoms with Crippen molar-refractivity contribution in [3.05, 3.63) is 42.0 Å². The molecule has 0 spiro atoms. The Morgan fingerprint density at radius 1 is 1.07 bits per heavy atom. The Morgan fingerprint density at radius 2 is 1.67 bits per heavy atom. The van der Waals surface area contributed by atoms with Gasteiger partial charge < -0.3 is 0 Å². The first-order valence-corrected chi connectivity index (χ1v) is 10.3. The zero-order chi connectivity index (χ0) is 22.9. The summed E-state index contributed by atoms with van der Waals surface area (Å²) in [4.78, 5) is 38.7. The highest BCUT2D eigenvalue weighted by atomic mass is 16.5. The van der Waals surface area contributed by atoms with Crippen molar-refractivity contribution in [2.75, 3.05) is 0 Å². The number of nitrogens with one attached hydrogen (secondary N) is 2. The van der Waals surface area contributed by atoms with E-state index in [2.05, 4.69) is 5.43 Å². The minimum absolute atomic E-state index is 0.0453. The molecule has 0 heterocycles. The summed E-state index contributed by atoms with van der Waals surface area (Å²) in [5.74, 6) is 1.92. The molecule has 0 saturated heterocycles. The Kier molecular flexibility index (Phi) is 9.89. The van der Waals surface area contributed by atoms with Gasteiger partial charge >= 0.3 is 0 Å². The highest BCUT2D eigenvalue weighted by Crippen LogP contribution is 2.44. The van der Waals surface area contributed by atoms with E-state index in [9.17, 15) is 19.6 Å². The van der Waals surface area contributed by atoms with Gasteiger partial charge in [-0.25, -0.2) is 11.3 Å². The molecular formula is C23H35N3O4. The van der Waals surface area contributed by atoms with E-state index in [0.29, 0.717) is 12.8 Å². The van der Waals surface area contributed by atoms with Crippen molar-refractivity contribution < 1.29 is 19.6 Å². The third kappa shape index (κ3) is 6.50. The summed E-state index contributed by atoms with van der Waals surface area (Å²) >= 11 is 0. The minimum atomic E-state index is -1.30. The van der Waals surface area contributed by atoms with Crippen LogP contribution in [0.15, 0.2) is 36.4 Å². The van der Waals surface area contributed by atoms with E-state index in [0.717, 1.165) is 5.56 Å². The number of hydroxylamine groups is 1. The summed E-state index contributed by atoms with van der Waals surface area (Å²) in [6, 6.07) is 9.40. The van der Waals surface area contributed by atoms with Crippen LogP contribution in [0.5, 0.6) is 0 Å². The molecule has 0 aliphatic heterocycles. The van der Waals surface area contributed by atoms with E-state index >= 15 is 0 Å².